The summed E-state index contributed by atoms with van der Waals surface area (Å²) in [6.07, 6.45) is 2.09. The van der Waals surface area contributed by atoms with Gasteiger partial charge in [0.1, 0.15) is 5.82 Å². The van der Waals surface area contributed by atoms with Crippen LogP contribution in [0.1, 0.15) is 12.5 Å². The van der Waals surface area contributed by atoms with Gasteiger partial charge in [0.25, 0.3) is 0 Å². The molecule has 1 rings (SSSR count). The molecule has 5 heteroatoms. The van der Waals surface area contributed by atoms with E-state index < -0.39 is 0 Å². The highest BCUT2D eigenvalue weighted by molar-refractivity contribution is 7.99. The number of guanidine groups is 1. The quantitative estimate of drug-likeness (QED) is 0.665. The molecule has 106 valence electrons. The summed E-state index contributed by atoms with van der Waals surface area (Å²) in [6.45, 7) is 3.66. The number of nitrogens with zero attached hydrogens (tertiary/aromatic N) is 2. The van der Waals surface area contributed by atoms with Gasteiger partial charge in [-0.1, -0.05) is 19.1 Å². The number of rotatable bonds is 5. The number of halogens is 1. The molecule has 19 heavy (non-hydrogen) atoms. The predicted octanol–water partition coefficient (Wildman–Crippen LogP) is 2.58. The van der Waals surface area contributed by atoms with Gasteiger partial charge in [-0.15, -0.1) is 0 Å². The maximum Gasteiger partial charge on any atom is 0.193 e. The van der Waals surface area contributed by atoms with Gasteiger partial charge in [-0.3, -0.25) is 4.99 Å². The summed E-state index contributed by atoms with van der Waals surface area (Å²) in [6, 6.07) is 6.65. The zero-order valence-corrected chi connectivity index (χ0v) is 12.8. The minimum absolute atomic E-state index is 0.204. The van der Waals surface area contributed by atoms with Gasteiger partial charge in [0.2, 0.25) is 0 Å². The molecule has 1 aromatic carbocycles. The van der Waals surface area contributed by atoms with Crippen LogP contribution < -0.4 is 5.32 Å². The topological polar surface area (TPSA) is 27.6 Å². The first kappa shape index (κ1) is 15.8. The second-order valence-corrected chi connectivity index (χ2v) is 5.74. The summed E-state index contributed by atoms with van der Waals surface area (Å²) >= 11 is 1.81. The Hall–Kier alpha value is -1.23. The minimum atomic E-state index is -0.204. The van der Waals surface area contributed by atoms with Crippen LogP contribution in [-0.4, -0.2) is 43.0 Å². The van der Waals surface area contributed by atoms with Crippen molar-refractivity contribution in [2.45, 2.75) is 18.7 Å². The molecule has 0 aliphatic heterocycles. The second-order valence-electron chi connectivity index (χ2n) is 4.46. The molecule has 0 aromatic heterocycles. The highest BCUT2D eigenvalue weighted by Crippen LogP contribution is 2.07. The van der Waals surface area contributed by atoms with Crippen molar-refractivity contribution < 1.29 is 4.39 Å². The van der Waals surface area contributed by atoms with Gasteiger partial charge in [0.15, 0.2) is 5.96 Å². The van der Waals surface area contributed by atoms with Crippen molar-refractivity contribution in [1.82, 2.24) is 10.2 Å². The van der Waals surface area contributed by atoms with E-state index in [0.29, 0.717) is 11.8 Å². The maximum absolute atomic E-state index is 13.1. The number of thioether (sulfide) groups is 1. The third-order valence-corrected chi connectivity index (χ3v) is 3.80. The molecule has 0 spiro atoms. The van der Waals surface area contributed by atoms with E-state index in [1.54, 1.807) is 19.2 Å². The van der Waals surface area contributed by atoms with Gasteiger partial charge in [-0.05, 0) is 24.0 Å². The van der Waals surface area contributed by atoms with Crippen molar-refractivity contribution in [3.05, 3.63) is 35.6 Å². The highest BCUT2D eigenvalue weighted by Gasteiger charge is 2.08. The summed E-state index contributed by atoms with van der Waals surface area (Å²) in [5.74, 6) is 0.620. The standard InChI is InChI=1S/C14H22FN3S/c1-11(19-4)9-17-14(16-2)18(3)10-12-6-5-7-13(15)8-12/h5-8,11H,9-10H2,1-4H3,(H,16,17). The normalized spacial score (nSPS) is 13.2. The maximum atomic E-state index is 13.1. The monoisotopic (exact) mass is 283 g/mol. The Morgan fingerprint density at radius 1 is 1.53 bits per heavy atom. The van der Waals surface area contributed by atoms with Crippen LogP contribution in [0.2, 0.25) is 0 Å². The predicted molar refractivity (Wildman–Crippen MR) is 82.2 cm³/mol. The molecule has 0 saturated carbocycles. The number of nitrogens with one attached hydrogen (secondary N) is 1. The lowest BCUT2D eigenvalue weighted by molar-refractivity contribution is 0.475. The van der Waals surface area contributed by atoms with Crippen LogP contribution in [0.4, 0.5) is 4.39 Å². The van der Waals surface area contributed by atoms with Crippen molar-refractivity contribution in [2.24, 2.45) is 4.99 Å². The molecule has 0 aliphatic rings. The average molecular weight is 283 g/mol. The van der Waals surface area contributed by atoms with Crippen molar-refractivity contribution in [3.63, 3.8) is 0 Å². The first-order valence-electron chi connectivity index (χ1n) is 6.25. The minimum Gasteiger partial charge on any atom is -0.355 e. The third kappa shape index (κ3) is 5.51. The summed E-state index contributed by atoms with van der Waals surface area (Å²) < 4.78 is 13.1. The summed E-state index contributed by atoms with van der Waals surface area (Å²) in [5, 5.41) is 3.84. The Labute approximate surface area is 119 Å². The molecule has 1 unspecified atom stereocenters. The van der Waals surface area contributed by atoms with Gasteiger partial charge in [0, 0.05) is 32.4 Å². The second kappa shape index (κ2) is 8.04. The molecular formula is C14H22FN3S. The van der Waals surface area contributed by atoms with E-state index in [-0.39, 0.29) is 5.82 Å². The van der Waals surface area contributed by atoms with Crippen molar-refractivity contribution in [2.75, 3.05) is 26.9 Å². The van der Waals surface area contributed by atoms with Gasteiger partial charge in [-0.25, -0.2) is 4.39 Å². The lowest BCUT2D eigenvalue weighted by atomic mass is 10.2. The van der Waals surface area contributed by atoms with Crippen LogP contribution in [-0.2, 0) is 6.54 Å². The molecule has 0 bridgehead atoms. The third-order valence-electron chi connectivity index (χ3n) is 2.83. The number of aliphatic imine (C=N–C) groups is 1. The number of benzene rings is 1. The average Bonchev–Trinajstić information content (AvgIpc) is 2.39. The van der Waals surface area contributed by atoms with E-state index in [9.17, 15) is 4.39 Å². The summed E-state index contributed by atoms with van der Waals surface area (Å²) in [5.41, 5.74) is 0.934. The Kier molecular flexibility index (Phi) is 6.70. The molecule has 1 atom stereocenters. The Bertz CT molecular complexity index is 423. The van der Waals surface area contributed by atoms with Gasteiger partial charge < -0.3 is 10.2 Å². The molecule has 0 heterocycles. The SMILES string of the molecule is CN=C(NCC(C)SC)N(C)Cc1cccc(F)c1. The Morgan fingerprint density at radius 2 is 2.26 bits per heavy atom. The molecule has 3 nitrogen and oxygen atoms in total. The zero-order chi connectivity index (χ0) is 14.3. The smallest absolute Gasteiger partial charge is 0.193 e. The Balaban J connectivity index is 2.57. The fourth-order valence-electron chi connectivity index (χ4n) is 1.69. The Morgan fingerprint density at radius 3 is 2.84 bits per heavy atom. The molecule has 0 aliphatic carbocycles. The van der Waals surface area contributed by atoms with Gasteiger partial charge in [0.05, 0.1) is 0 Å². The molecule has 0 fully saturated rings. The van der Waals surface area contributed by atoms with E-state index in [1.807, 2.05) is 29.8 Å². The van der Waals surface area contributed by atoms with Crippen LogP contribution in [0, 0.1) is 5.82 Å². The van der Waals surface area contributed by atoms with E-state index in [2.05, 4.69) is 23.5 Å². The largest absolute Gasteiger partial charge is 0.355 e. The summed E-state index contributed by atoms with van der Waals surface area (Å²) in [4.78, 5) is 6.23. The number of hydrogen-bond acceptors (Lipinski definition) is 2. The highest BCUT2D eigenvalue weighted by atomic mass is 32.2. The van der Waals surface area contributed by atoms with Crippen LogP contribution in [0.3, 0.4) is 0 Å². The van der Waals surface area contributed by atoms with Crippen LogP contribution in [0.15, 0.2) is 29.3 Å². The van der Waals surface area contributed by atoms with E-state index in [1.165, 1.54) is 6.07 Å². The molecular weight excluding hydrogens is 261 g/mol. The zero-order valence-electron chi connectivity index (χ0n) is 12.0. The van der Waals surface area contributed by atoms with Crippen molar-refractivity contribution in [3.8, 4) is 0 Å². The molecule has 0 amide bonds. The van der Waals surface area contributed by atoms with Gasteiger partial charge >= 0.3 is 0 Å². The molecule has 0 saturated heterocycles. The summed E-state index contributed by atoms with van der Waals surface area (Å²) in [7, 11) is 3.71. The van der Waals surface area contributed by atoms with E-state index in [4.69, 9.17) is 0 Å². The molecule has 1 aromatic rings. The van der Waals surface area contributed by atoms with Crippen LogP contribution in [0.5, 0.6) is 0 Å². The first-order valence-corrected chi connectivity index (χ1v) is 7.54. The van der Waals surface area contributed by atoms with Crippen LogP contribution >= 0.6 is 11.8 Å². The first-order chi connectivity index (χ1) is 9.06. The lowest BCUT2D eigenvalue weighted by Gasteiger charge is -2.23. The molecule has 0 radical (unpaired) electrons. The fraction of sp³-hybridized carbons (Fsp3) is 0.500. The van der Waals surface area contributed by atoms with Crippen molar-refractivity contribution in [1.29, 1.82) is 0 Å². The molecule has 1 N–H and O–H groups in total. The van der Waals surface area contributed by atoms with Crippen LogP contribution in [0.25, 0.3) is 0 Å². The van der Waals surface area contributed by atoms with Crippen molar-refractivity contribution >= 4 is 17.7 Å². The fourth-order valence-corrected chi connectivity index (χ4v) is 1.94. The number of hydrogen-bond donors (Lipinski definition) is 1. The van der Waals surface area contributed by atoms with E-state index >= 15 is 0 Å². The lowest BCUT2D eigenvalue weighted by Crippen LogP contribution is -2.40. The van der Waals surface area contributed by atoms with E-state index in [0.717, 1.165) is 18.1 Å². The van der Waals surface area contributed by atoms with Gasteiger partial charge in [-0.2, -0.15) is 11.8 Å².